The second-order valence-corrected chi connectivity index (χ2v) is 9.51. The maximum atomic E-state index is 2.55. The molecule has 30 heavy (non-hydrogen) atoms. The molecule has 1 aromatic heterocycles. The van der Waals surface area contributed by atoms with Crippen LogP contribution in [0.3, 0.4) is 0 Å². The molecular formula is C28H55N2+. The molecule has 0 fully saturated rings. The summed E-state index contributed by atoms with van der Waals surface area (Å²) in [6.07, 6.45) is 32.6. The Labute approximate surface area is 189 Å². The van der Waals surface area contributed by atoms with Gasteiger partial charge in [-0.2, -0.15) is 0 Å². The van der Waals surface area contributed by atoms with Crippen LogP contribution in [0, 0.1) is 0 Å². The molecule has 2 nitrogen and oxygen atoms in total. The summed E-state index contributed by atoms with van der Waals surface area (Å²) in [5, 5.41) is 0. The van der Waals surface area contributed by atoms with Crippen molar-refractivity contribution in [2.24, 2.45) is 0 Å². The molecule has 0 unspecified atom stereocenters. The van der Waals surface area contributed by atoms with Gasteiger partial charge in [0.15, 0.2) is 0 Å². The molecular weight excluding hydrogens is 364 g/mol. The maximum Gasteiger partial charge on any atom is 0.256 e. The molecule has 2 heteroatoms. The maximum absolute atomic E-state index is 2.55. The van der Waals surface area contributed by atoms with E-state index in [0.29, 0.717) is 0 Å². The third kappa shape index (κ3) is 13.5. The van der Waals surface area contributed by atoms with Crippen LogP contribution in [-0.2, 0) is 19.5 Å². The molecule has 1 rings (SSSR count). The van der Waals surface area contributed by atoms with Gasteiger partial charge in [-0.25, -0.2) is 9.13 Å². The van der Waals surface area contributed by atoms with Crippen LogP contribution in [0.25, 0.3) is 0 Å². The van der Waals surface area contributed by atoms with Crippen molar-refractivity contribution in [1.82, 2.24) is 4.57 Å². The number of aryl methyl sites for hydroxylation is 2. The summed E-state index contributed by atoms with van der Waals surface area (Å²) >= 11 is 0. The van der Waals surface area contributed by atoms with Crippen LogP contribution >= 0.6 is 0 Å². The predicted molar refractivity (Wildman–Crippen MR) is 133 cm³/mol. The Morgan fingerprint density at radius 1 is 0.567 bits per heavy atom. The Morgan fingerprint density at radius 2 is 1.03 bits per heavy atom. The third-order valence-electron chi connectivity index (χ3n) is 6.57. The van der Waals surface area contributed by atoms with E-state index < -0.39 is 0 Å². The highest BCUT2D eigenvalue weighted by molar-refractivity contribution is 4.84. The highest BCUT2D eigenvalue weighted by Gasteiger charge is 2.15. The zero-order valence-corrected chi connectivity index (χ0v) is 21.1. The molecule has 0 spiro atoms. The van der Waals surface area contributed by atoms with Crippen molar-refractivity contribution < 1.29 is 4.57 Å². The van der Waals surface area contributed by atoms with Crippen molar-refractivity contribution >= 4 is 0 Å². The van der Waals surface area contributed by atoms with E-state index in [0.717, 1.165) is 0 Å². The van der Waals surface area contributed by atoms with E-state index in [1.807, 2.05) is 0 Å². The summed E-state index contributed by atoms with van der Waals surface area (Å²) in [7, 11) is 0. The number of unbranched alkanes of at least 4 members (excludes halogenated alkanes) is 16. The third-order valence-corrected chi connectivity index (χ3v) is 6.57. The van der Waals surface area contributed by atoms with Gasteiger partial charge in [0.25, 0.3) is 5.82 Å². The van der Waals surface area contributed by atoms with Crippen molar-refractivity contribution in [1.29, 1.82) is 0 Å². The van der Waals surface area contributed by atoms with Crippen molar-refractivity contribution in [3.8, 4) is 0 Å². The number of hydrogen-bond donors (Lipinski definition) is 0. The van der Waals surface area contributed by atoms with Crippen molar-refractivity contribution in [2.45, 2.75) is 162 Å². The SMILES string of the molecule is CCCCCCCCCCCn1cc[n+](CCCCCCCCCCC)c1CCC. The van der Waals surface area contributed by atoms with E-state index in [9.17, 15) is 0 Å². The van der Waals surface area contributed by atoms with Crippen LogP contribution in [0.4, 0.5) is 0 Å². The number of aromatic nitrogens is 2. The summed E-state index contributed by atoms with van der Waals surface area (Å²) in [5.41, 5.74) is 0. The first-order valence-electron chi connectivity index (χ1n) is 13.9. The lowest BCUT2D eigenvalue weighted by atomic mass is 10.1. The lowest BCUT2D eigenvalue weighted by Crippen LogP contribution is -2.37. The normalized spacial score (nSPS) is 11.4. The number of nitrogens with zero attached hydrogens (tertiary/aromatic N) is 2. The monoisotopic (exact) mass is 419 g/mol. The molecule has 0 aliphatic heterocycles. The number of imidazole rings is 1. The quantitative estimate of drug-likeness (QED) is 0.131. The molecule has 0 saturated carbocycles. The number of rotatable bonds is 22. The second kappa shape index (κ2) is 20.1. The van der Waals surface area contributed by atoms with Gasteiger partial charge in [-0.05, 0) is 32.1 Å². The van der Waals surface area contributed by atoms with Gasteiger partial charge in [0.1, 0.15) is 12.4 Å². The lowest BCUT2D eigenvalue weighted by Gasteiger charge is -2.06. The smallest absolute Gasteiger partial charge is 0.234 e. The van der Waals surface area contributed by atoms with Crippen LogP contribution in [0.2, 0.25) is 0 Å². The molecule has 0 aliphatic rings. The Bertz CT molecular complexity index is 437. The minimum absolute atomic E-state index is 1.22. The summed E-state index contributed by atoms with van der Waals surface area (Å²) in [4.78, 5) is 0. The van der Waals surface area contributed by atoms with Gasteiger partial charge in [-0.1, -0.05) is 111 Å². The van der Waals surface area contributed by atoms with Crippen LogP contribution in [0.1, 0.15) is 149 Å². The van der Waals surface area contributed by atoms with Gasteiger partial charge in [0.2, 0.25) is 0 Å². The number of hydrogen-bond acceptors (Lipinski definition) is 0. The van der Waals surface area contributed by atoms with Gasteiger partial charge >= 0.3 is 0 Å². The summed E-state index contributed by atoms with van der Waals surface area (Å²) in [5.74, 6) is 1.57. The molecule has 0 amide bonds. The van der Waals surface area contributed by atoms with Gasteiger partial charge in [-0.15, -0.1) is 0 Å². The molecule has 1 aromatic rings. The van der Waals surface area contributed by atoms with Crippen LogP contribution < -0.4 is 4.57 Å². The summed E-state index contributed by atoms with van der Waals surface area (Å²) in [6, 6.07) is 0. The lowest BCUT2D eigenvalue weighted by molar-refractivity contribution is -0.704. The van der Waals surface area contributed by atoms with Crippen LogP contribution in [0.5, 0.6) is 0 Å². The van der Waals surface area contributed by atoms with Crippen LogP contribution in [-0.4, -0.2) is 4.57 Å². The average Bonchev–Trinajstić information content (AvgIpc) is 3.13. The predicted octanol–water partition coefficient (Wildman–Crippen LogP) is 8.79. The van der Waals surface area contributed by atoms with Crippen LogP contribution in [0.15, 0.2) is 12.4 Å². The minimum atomic E-state index is 1.22. The first-order chi connectivity index (χ1) is 14.8. The first-order valence-corrected chi connectivity index (χ1v) is 13.9. The van der Waals surface area contributed by atoms with E-state index >= 15 is 0 Å². The van der Waals surface area contributed by atoms with Crippen molar-refractivity contribution in [3.63, 3.8) is 0 Å². The minimum Gasteiger partial charge on any atom is -0.234 e. The van der Waals surface area contributed by atoms with Crippen molar-refractivity contribution in [2.75, 3.05) is 0 Å². The zero-order chi connectivity index (χ0) is 21.7. The molecule has 0 N–H and O–H groups in total. The summed E-state index contributed by atoms with van der Waals surface area (Å²) < 4.78 is 5.11. The standard InChI is InChI=1S/C28H55N2/c1-4-7-9-11-13-15-17-19-21-24-29-26-27-30(28(29)23-6-3)25-22-20-18-16-14-12-10-8-5-2/h26-27H,4-25H2,1-3H3/q+1. The Kier molecular flexibility index (Phi) is 18.3. The molecule has 0 radical (unpaired) electrons. The zero-order valence-electron chi connectivity index (χ0n) is 21.1. The van der Waals surface area contributed by atoms with Gasteiger partial charge in [-0.3, -0.25) is 0 Å². The highest BCUT2D eigenvalue weighted by Crippen LogP contribution is 2.12. The average molecular weight is 420 g/mol. The fourth-order valence-corrected chi connectivity index (χ4v) is 4.60. The van der Waals surface area contributed by atoms with E-state index in [2.05, 4.69) is 42.3 Å². The Morgan fingerprint density at radius 3 is 1.53 bits per heavy atom. The highest BCUT2D eigenvalue weighted by atomic mass is 15.1. The van der Waals surface area contributed by atoms with E-state index in [1.165, 1.54) is 142 Å². The van der Waals surface area contributed by atoms with Gasteiger partial charge in [0, 0.05) is 6.42 Å². The molecule has 176 valence electrons. The van der Waals surface area contributed by atoms with Gasteiger partial charge < -0.3 is 0 Å². The first kappa shape index (κ1) is 27.2. The van der Waals surface area contributed by atoms with E-state index in [4.69, 9.17) is 0 Å². The van der Waals surface area contributed by atoms with E-state index in [-0.39, 0.29) is 0 Å². The molecule has 0 aliphatic carbocycles. The van der Waals surface area contributed by atoms with Crippen molar-refractivity contribution in [3.05, 3.63) is 18.2 Å². The second-order valence-electron chi connectivity index (χ2n) is 9.51. The molecule has 0 atom stereocenters. The van der Waals surface area contributed by atoms with E-state index in [1.54, 1.807) is 5.82 Å². The van der Waals surface area contributed by atoms with Gasteiger partial charge in [0.05, 0.1) is 13.1 Å². The fourth-order valence-electron chi connectivity index (χ4n) is 4.60. The Balaban J connectivity index is 2.17. The summed E-state index contributed by atoms with van der Waals surface area (Å²) in [6.45, 7) is 9.35. The molecule has 1 heterocycles. The molecule has 0 bridgehead atoms. The Hall–Kier alpha value is -0.790. The molecule has 0 aromatic carbocycles. The fraction of sp³-hybridized carbons (Fsp3) is 0.893. The largest absolute Gasteiger partial charge is 0.256 e. The molecule has 0 saturated heterocycles. The topological polar surface area (TPSA) is 8.81 Å².